The lowest BCUT2D eigenvalue weighted by molar-refractivity contribution is 0.376. The maximum atomic E-state index is 11.6. The highest BCUT2D eigenvalue weighted by atomic mass is 16.1. The van der Waals surface area contributed by atoms with E-state index >= 15 is 0 Å². The van der Waals surface area contributed by atoms with Gasteiger partial charge in [0.05, 0.1) is 6.33 Å². The molecule has 0 radical (unpaired) electrons. The lowest BCUT2D eigenvalue weighted by atomic mass is 10.1. The van der Waals surface area contributed by atoms with Gasteiger partial charge >= 0.3 is 0 Å². The molecule has 0 spiro atoms. The Morgan fingerprint density at radius 3 is 3.18 bits per heavy atom. The first-order chi connectivity index (χ1) is 8.25. The zero-order chi connectivity index (χ0) is 11.8. The smallest absolute Gasteiger partial charge is 0.280 e. The van der Waals surface area contributed by atoms with Crippen molar-refractivity contribution >= 4 is 17.1 Å². The third kappa shape index (κ3) is 1.68. The minimum Gasteiger partial charge on any atom is -0.369 e. The van der Waals surface area contributed by atoms with Crippen LogP contribution in [0.3, 0.4) is 0 Å². The molecule has 0 aliphatic carbocycles. The molecule has 2 aromatic heterocycles. The molecule has 17 heavy (non-hydrogen) atoms. The minimum atomic E-state index is -0.282. The van der Waals surface area contributed by atoms with Crippen molar-refractivity contribution in [3.05, 3.63) is 16.7 Å². The summed E-state index contributed by atoms with van der Waals surface area (Å²) in [4.78, 5) is 22.4. The highest BCUT2D eigenvalue weighted by Gasteiger charge is 2.19. The first-order valence-corrected chi connectivity index (χ1v) is 5.69. The molecule has 0 bridgehead atoms. The Hall–Kier alpha value is -1.89. The van der Waals surface area contributed by atoms with Gasteiger partial charge in [-0.25, -0.2) is 4.98 Å². The van der Waals surface area contributed by atoms with Gasteiger partial charge in [-0.2, -0.15) is 4.98 Å². The Morgan fingerprint density at radius 1 is 1.53 bits per heavy atom. The number of anilines is 1. The van der Waals surface area contributed by atoms with Crippen LogP contribution >= 0.6 is 0 Å². The second-order valence-electron chi connectivity index (χ2n) is 4.28. The Labute approximate surface area is 97.1 Å². The molecule has 7 heteroatoms. The predicted octanol–water partition coefficient (Wildman–Crippen LogP) is -0.374. The van der Waals surface area contributed by atoms with Crippen molar-refractivity contribution in [2.75, 3.05) is 18.8 Å². The molecule has 1 saturated heterocycles. The van der Waals surface area contributed by atoms with Gasteiger partial charge in [-0.15, -0.1) is 0 Å². The molecule has 7 nitrogen and oxygen atoms in total. The number of aromatic nitrogens is 4. The number of H-pyrrole nitrogens is 1. The van der Waals surface area contributed by atoms with Crippen LogP contribution in [0.15, 0.2) is 11.1 Å². The molecule has 1 fully saturated rings. The van der Waals surface area contributed by atoms with Gasteiger partial charge < -0.3 is 15.6 Å². The van der Waals surface area contributed by atoms with Crippen molar-refractivity contribution < 1.29 is 0 Å². The molecule has 4 N–H and O–H groups in total. The largest absolute Gasteiger partial charge is 0.369 e. The SMILES string of the molecule is Nc1nc2c(ncn2[C@H]2CCCNC2)c(=O)[nH]1. The first kappa shape index (κ1) is 10.3. The monoisotopic (exact) mass is 234 g/mol. The van der Waals surface area contributed by atoms with Crippen LogP contribution in [-0.2, 0) is 0 Å². The Bertz CT molecular complexity index is 594. The van der Waals surface area contributed by atoms with Crippen molar-refractivity contribution in [3.63, 3.8) is 0 Å². The molecule has 1 atom stereocenters. The minimum absolute atomic E-state index is 0.132. The van der Waals surface area contributed by atoms with Crippen LogP contribution in [0, 0.1) is 0 Å². The van der Waals surface area contributed by atoms with Crippen molar-refractivity contribution in [2.24, 2.45) is 0 Å². The zero-order valence-corrected chi connectivity index (χ0v) is 9.31. The number of nitrogens with one attached hydrogen (secondary N) is 2. The average Bonchev–Trinajstić information content (AvgIpc) is 2.74. The van der Waals surface area contributed by atoms with Crippen LogP contribution in [0.5, 0.6) is 0 Å². The van der Waals surface area contributed by atoms with Gasteiger partial charge in [0.1, 0.15) is 0 Å². The van der Waals surface area contributed by atoms with E-state index < -0.39 is 0 Å². The molecule has 0 saturated carbocycles. The van der Waals surface area contributed by atoms with Crippen molar-refractivity contribution in [2.45, 2.75) is 18.9 Å². The summed E-state index contributed by atoms with van der Waals surface area (Å²) in [6, 6.07) is 0.294. The van der Waals surface area contributed by atoms with E-state index in [-0.39, 0.29) is 11.5 Å². The van der Waals surface area contributed by atoms with Crippen molar-refractivity contribution in [1.82, 2.24) is 24.8 Å². The molecule has 0 unspecified atom stereocenters. The van der Waals surface area contributed by atoms with E-state index in [1.54, 1.807) is 6.33 Å². The Balaban J connectivity index is 2.13. The number of hydrogen-bond donors (Lipinski definition) is 3. The number of aromatic amines is 1. The average molecular weight is 234 g/mol. The summed E-state index contributed by atoms with van der Waals surface area (Å²) < 4.78 is 1.94. The third-order valence-electron chi connectivity index (χ3n) is 3.11. The predicted molar refractivity (Wildman–Crippen MR) is 63.7 cm³/mol. The van der Waals surface area contributed by atoms with Crippen molar-refractivity contribution in [3.8, 4) is 0 Å². The molecule has 3 heterocycles. The zero-order valence-electron chi connectivity index (χ0n) is 9.31. The number of rotatable bonds is 1. The topological polar surface area (TPSA) is 102 Å². The fourth-order valence-corrected chi connectivity index (χ4v) is 2.28. The molecule has 1 aliphatic heterocycles. The maximum Gasteiger partial charge on any atom is 0.280 e. The quantitative estimate of drug-likeness (QED) is 0.624. The number of fused-ring (bicyclic) bond motifs is 1. The van der Waals surface area contributed by atoms with Crippen LogP contribution < -0.4 is 16.6 Å². The highest BCUT2D eigenvalue weighted by Crippen LogP contribution is 2.20. The summed E-state index contributed by atoms with van der Waals surface area (Å²) in [7, 11) is 0. The molecule has 1 aliphatic rings. The third-order valence-corrected chi connectivity index (χ3v) is 3.11. The highest BCUT2D eigenvalue weighted by molar-refractivity contribution is 5.70. The van der Waals surface area contributed by atoms with Gasteiger partial charge in [0.2, 0.25) is 5.95 Å². The Morgan fingerprint density at radius 2 is 2.41 bits per heavy atom. The standard InChI is InChI=1S/C10H14N6O/c11-10-14-8-7(9(17)15-10)13-5-16(8)6-2-1-3-12-4-6/h5-6,12H,1-4H2,(H3,11,14,15,17)/t6-/m0/s1. The van der Waals surface area contributed by atoms with E-state index in [4.69, 9.17) is 5.73 Å². The molecule has 0 aromatic carbocycles. The van der Waals surface area contributed by atoms with Crippen LogP contribution in [0.25, 0.3) is 11.2 Å². The van der Waals surface area contributed by atoms with Gasteiger partial charge in [-0.1, -0.05) is 0 Å². The van der Waals surface area contributed by atoms with Gasteiger partial charge in [0, 0.05) is 12.6 Å². The number of hydrogen-bond acceptors (Lipinski definition) is 5. The summed E-state index contributed by atoms with van der Waals surface area (Å²) in [5.41, 5.74) is 6.20. The maximum absolute atomic E-state index is 11.6. The second kappa shape index (κ2) is 3.85. The number of piperidine rings is 1. The van der Waals surface area contributed by atoms with E-state index in [0.717, 1.165) is 25.9 Å². The number of nitrogens with two attached hydrogens (primary N) is 1. The lowest BCUT2D eigenvalue weighted by Gasteiger charge is -2.24. The lowest BCUT2D eigenvalue weighted by Crippen LogP contribution is -2.31. The number of imidazole rings is 1. The van der Waals surface area contributed by atoms with Crippen molar-refractivity contribution in [1.29, 1.82) is 0 Å². The summed E-state index contributed by atoms with van der Waals surface area (Å²) in [5.74, 6) is 0.132. The van der Waals surface area contributed by atoms with E-state index in [1.165, 1.54) is 0 Å². The van der Waals surface area contributed by atoms with E-state index in [0.29, 0.717) is 17.2 Å². The van der Waals surface area contributed by atoms with Crippen LogP contribution in [0.2, 0.25) is 0 Å². The molecule has 0 amide bonds. The van der Waals surface area contributed by atoms with E-state index in [2.05, 4.69) is 20.3 Å². The molecular formula is C10H14N6O. The van der Waals surface area contributed by atoms with Crippen LogP contribution in [-0.4, -0.2) is 32.6 Å². The van der Waals surface area contributed by atoms with Crippen LogP contribution in [0.4, 0.5) is 5.95 Å². The normalized spacial score (nSPS) is 20.8. The number of nitrogen functional groups attached to an aromatic ring is 1. The molecule has 90 valence electrons. The summed E-state index contributed by atoms with van der Waals surface area (Å²) in [6.45, 7) is 1.92. The van der Waals surface area contributed by atoms with Crippen LogP contribution in [0.1, 0.15) is 18.9 Å². The molecule has 3 rings (SSSR count). The van der Waals surface area contributed by atoms with E-state index in [9.17, 15) is 4.79 Å². The fourth-order valence-electron chi connectivity index (χ4n) is 2.28. The second-order valence-corrected chi connectivity index (χ2v) is 4.28. The summed E-state index contributed by atoms with van der Waals surface area (Å²) >= 11 is 0. The van der Waals surface area contributed by atoms with Gasteiger partial charge in [0.25, 0.3) is 5.56 Å². The van der Waals surface area contributed by atoms with Gasteiger partial charge in [-0.05, 0) is 19.4 Å². The fraction of sp³-hybridized carbons (Fsp3) is 0.500. The summed E-state index contributed by atoms with van der Waals surface area (Å²) in [6.07, 6.45) is 3.85. The Kier molecular flexibility index (Phi) is 2.32. The first-order valence-electron chi connectivity index (χ1n) is 5.69. The van der Waals surface area contributed by atoms with E-state index in [1.807, 2.05) is 4.57 Å². The van der Waals surface area contributed by atoms with Gasteiger partial charge in [0.15, 0.2) is 11.2 Å². The number of nitrogens with zero attached hydrogens (tertiary/aromatic N) is 3. The molecule has 2 aromatic rings. The molecular weight excluding hydrogens is 220 g/mol. The summed E-state index contributed by atoms with van der Waals surface area (Å²) in [5, 5.41) is 3.32. The van der Waals surface area contributed by atoms with Gasteiger partial charge in [-0.3, -0.25) is 9.78 Å².